The fourth-order valence-electron chi connectivity index (χ4n) is 2.86. The van der Waals surface area contributed by atoms with Crippen molar-refractivity contribution in [2.75, 3.05) is 18.5 Å². The lowest BCUT2D eigenvalue weighted by Crippen LogP contribution is -2.38. The molecule has 1 aliphatic heterocycles. The third-order valence-corrected chi connectivity index (χ3v) is 4.19. The molecule has 2 N–H and O–H groups in total. The number of aromatic hydroxyl groups is 1. The molecule has 25 heavy (non-hydrogen) atoms. The molecule has 5 nitrogen and oxygen atoms in total. The number of urea groups is 1. The monoisotopic (exact) mass is 340 g/mol. The number of carbonyl (C=O) groups excluding carboxylic acids is 1. The molecule has 0 saturated heterocycles. The van der Waals surface area contributed by atoms with Crippen LogP contribution in [0, 0.1) is 5.92 Å². The first kappa shape index (κ1) is 17.1. The van der Waals surface area contributed by atoms with E-state index in [4.69, 9.17) is 4.74 Å². The number of ether oxygens (including phenoxy) is 1. The van der Waals surface area contributed by atoms with E-state index in [-0.39, 0.29) is 11.8 Å². The summed E-state index contributed by atoms with van der Waals surface area (Å²) in [5.74, 6) is 1.32. The highest BCUT2D eigenvalue weighted by molar-refractivity contribution is 5.91. The summed E-state index contributed by atoms with van der Waals surface area (Å²) in [5, 5.41) is 12.6. The van der Waals surface area contributed by atoms with Gasteiger partial charge < -0.3 is 20.1 Å². The molecule has 3 rings (SSSR count). The Kier molecular flexibility index (Phi) is 5.12. The Hall–Kier alpha value is -2.69. The number of para-hydroxylation sites is 2. The average Bonchev–Trinajstić information content (AvgIpc) is 2.60. The second kappa shape index (κ2) is 7.47. The van der Waals surface area contributed by atoms with Crippen molar-refractivity contribution in [3.63, 3.8) is 0 Å². The minimum absolute atomic E-state index is 0.158. The zero-order valence-corrected chi connectivity index (χ0v) is 14.7. The third-order valence-electron chi connectivity index (χ3n) is 4.19. The third kappa shape index (κ3) is 4.24. The van der Waals surface area contributed by atoms with E-state index in [2.05, 4.69) is 19.2 Å². The topological polar surface area (TPSA) is 61.8 Å². The molecule has 0 fully saturated rings. The van der Waals surface area contributed by atoms with Crippen LogP contribution in [-0.2, 0) is 13.0 Å². The molecule has 0 aromatic heterocycles. The van der Waals surface area contributed by atoms with Gasteiger partial charge in [-0.3, -0.25) is 0 Å². The van der Waals surface area contributed by atoms with Crippen LogP contribution in [0.3, 0.4) is 0 Å². The second-order valence-electron chi connectivity index (χ2n) is 6.76. The minimum Gasteiger partial charge on any atom is -0.508 e. The fourth-order valence-corrected chi connectivity index (χ4v) is 2.86. The highest BCUT2D eigenvalue weighted by Gasteiger charge is 2.21. The van der Waals surface area contributed by atoms with Gasteiger partial charge in [0.15, 0.2) is 0 Å². The lowest BCUT2D eigenvalue weighted by molar-refractivity contribution is 0.206. The Balaban J connectivity index is 1.69. The molecule has 2 aromatic carbocycles. The molecule has 0 spiro atoms. The van der Waals surface area contributed by atoms with Crippen molar-refractivity contribution in [1.82, 2.24) is 4.90 Å². The van der Waals surface area contributed by atoms with Crippen molar-refractivity contribution in [2.45, 2.75) is 26.8 Å². The van der Waals surface area contributed by atoms with Crippen molar-refractivity contribution in [3.8, 4) is 11.5 Å². The molecule has 2 aromatic rings. The molecule has 5 heteroatoms. The van der Waals surface area contributed by atoms with Gasteiger partial charge in [0.1, 0.15) is 11.5 Å². The summed E-state index contributed by atoms with van der Waals surface area (Å²) in [6, 6.07) is 12.7. The van der Waals surface area contributed by atoms with Crippen LogP contribution in [0.1, 0.15) is 25.0 Å². The Labute approximate surface area is 148 Å². The maximum Gasteiger partial charge on any atom is 0.322 e. The van der Waals surface area contributed by atoms with Gasteiger partial charge in [0.2, 0.25) is 0 Å². The van der Waals surface area contributed by atoms with E-state index in [1.165, 1.54) is 5.56 Å². The van der Waals surface area contributed by atoms with Gasteiger partial charge in [-0.15, -0.1) is 0 Å². The SMILES string of the molecule is CC(C)COc1ccccc1NC(=O)N1CCc2ccc(O)cc2C1. The van der Waals surface area contributed by atoms with Gasteiger partial charge in [0, 0.05) is 13.1 Å². The standard InChI is InChI=1S/C20H24N2O3/c1-14(2)13-25-19-6-4-3-5-18(19)21-20(24)22-10-9-15-7-8-17(23)11-16(15)12-22/h3-8,11,14,23H,9-10,12-13H2,1-2H3,(H,21,24). The van der Waals surface area contributed by atoms with Crippen molar-refractivity contribution in [2.24, 2.45) is 5.92 Å². The van der Waals surface area contributed by atoms with E-state index in [0.29, 0.717) is 37.1 Å². The molecule has 0 saturated carbocycles. The molecule has 132 valence electrons. The van der Waals surface area contributed by atoms with Gasteiger partial charge in [-0.2, -0.15) is 0 Å². The molecular weight excluding hydrogens is 316 g/mol. The number of nitrogens with one attached hydrogen (secondary N) is 1. The van der Waals surface area contributed by atoms with Crippen molar-refractivity contribution in [3.05, 3.63) is 53.6 Å². The molecule has 2 amide bonds. The highest BCUT2D eigenvalue weighted by atomic mass is 16.5. The number of hydrogen-bond donors (Lipinski definition) is 2. The van der Waals surface area contributed by atoms with Gasteiger partial charge in [0.25, 0.3) is 0 Å². The van der Waals surface area contributed by atoms with Gasteiger partial charge in [0.05, 0.1) is 12.3 Å². The zero-order valence-electron chi connectivity index (χ0n) is 14.7. The van der Waals surface area contributed by atoms with Crippen LogP contribution in [0.15, 0.2) is 42.5 Å². The van der Waals surface area contributed by atoms with E-state index in [1.54, 1.807) is 17.0 Å². The maximum atomic E-state index is 12.6. The van der Waals surface area contributed by atoms with Gasteiger partial charge in [-0.25, -0.2) is 4.79 Å². The Morgan fingerprint density at radius 1 is 1.24 bits per heavy atom. The summed E-state index contributed by atoms with van der Waals surface area (Å²) in [4.78, 5) is 14.4. The second-order valence-corrected chi connectivity index (χ2v) is 6.76. The Morgan fingerprint density at radius 3 is 2.84 bits per heavy atom. The molecule has 0 radical (unpaired) electrons. The predicted octanol–water partition coefficient (Wildman–Crippen LogP) is 4.02. The quantitative estimate of drug-likeness (QED) is 0.884. The summed E-state index contributed by atoms with van der Waals surface area (Å²) in [6.07, 6.45) is 0.786. The number of rotatable bonds is 4. The summed E-state index contributed by atoms with van der Waals surface area (Å²) in [7, 11) is 0. The minimum atomic E-state index is -0.158. The molecular formula is C20H24N2O3. The normalized spacial score (nSPS) is 13.5. The Bertz CT molecular complexity index is 758. The van der Waals surface area contributed by atoms with Crippen LogP contribution >= 0.6 is 0 Å². The number of fused-ring (bicyclic) bond motifs is 1. The molecule has 0 unspecified atom stereocenters. The molecule has 1 heterocycles. The number of amides is 2. The number of phenols is 1. The number of carbonyl (C=O) groups is 1. The van der Waals surface area contributed by atoms with Crippen LogP contribution in [0.5, 0.6) is 11.5 Å². The van der Waals surface area contributed by atoms with Crippen molar-refractivity contribution < 1.29 is 14.6 Å². The fraction of sp³-hybridized carbons (Fsp3) is 0.350. The van der Waals surface area contributed by atoms with Crippen molar-refractivity contribution in [1.29, 1.82) is 0 Å². The molecule has 0 aliphatic carbocycles. The summed E-state index contributed by atoms with van der Waals surface area (Å²) >= 11 is 0. The number of hydrogen-bond acceptors (Lipinski definition) is 3. The van der Waals surface area contributed by atoms with Gasteiger partial charge in [-0.1, -0.05) is 32.0 Å². The first-order valence-electron chi connectivity index (χ1n) is 8.61. The number of phenolic OH excluding ortho intramolecular Hbond substituents is 1. The first-order valence-corrected chi connectivity index (χ1v) is 8.61. The van der Waals surface area contributed by atoms with E-state index < -0.39 is 0 Å². The van der Waals surface area contributed by atoms with E-state index in [0.717, 1.165) is 12.0 Å². The summed E-state index contributed by atoms with van der Waals surface area (Å²) in [6.45, 7) is 5.91. The van der Waals surface area contributed by atoms with E-state index in [1.807, 2.05) is 30.3 Å². The molecule has 0 atom stereocenters. The maximum absolute atomic E-state index is 12.6. The first-order chi connectivity index (χ1) is 12.0. The molecule has 1 aliphatic rings. The zero-order chi connectivity index (χ0) is 17.8. The van der Waals surface area contributed by atoms with Crippen LogP contribution < -0.4 is 10.1 Å². The van der Waals surface area contributed by atoms with Crippen LogP contribution in [0.25, 0.3) is 0 Å². The van der Waals surface area contributed by atoms with E-state index >= 15 is 0 Å². The summed E-state index contributed by atoms with van der Waals surface area (Å²) in [5.41, 5.74) is 2.85. The van der Waals surface area contributed by atoms with Crippen molar-refractivity contribution >= 4 is 11.7 Å². The van der Waals surface area contributed by atoms with Crippen LogP contribution in [-0.4, -0.2) is 29.2 Å². The lowest BCUT2D eigenvalue weighted by Gasteiger charge is -2.29. The molecule has 0 bridgehead atoms. The smallest absolute Gasteiger partial charge is 0.322 e. The average molecular weight is 340 g/mol. The number of nitrogens with zero attached hydrogens (tertiary/aromatic N) is 1. The number of benzene rings is 2. The summed E-state index contributed by atoms with van der Waals surface area (Å²) < 4.78 is 5.79. The van der Waals surface area contributed by atoms with Crippen LogP contribution in [0.4, 0.5) is 10.5 Å². The lowest BCUT2D eigenvalue weighted by atomic mass is 10.00. The van der Waals surface area contributed by atoms with E-state index in [9.17, 15) is 9.90 Å². The predicted molar refractivity (Wildman–Crippen MR) is 98.0 cm³/mol. The van der Waals surface area contributed by atoms with Gasteiger partial charge >= 0.3 is 6.03 Å². The Morgan fingerprint density at radius 2 is 2.04 bits per heavy atom. The van der Waals surface area contributed by atoms with Gasteiger partial charge in [-0.05, 0) is 47.7 Å². The van der Waals surface area contributed by atoms with Crippen LogP contribution in [0.2, 0.25) is 0 Å². The largest absolute Gasteiger partial charge is 0.508 e. The highest BCUT2D eigenvalue weighted by Crippen LogP contribution is 2.27. The number of anilines is 1.